The molecule has 1 fully saturated rings. The molecule has 0 saturated heterocycles. The van der Waals surface area contributed by atoms with Gasteiger partial charge in [-0.3, -0.25) is 0 Å². The smallest absolute Gasteiger partial charge is 0.240 e. The first-order valence-electron chi connectivity index (χ1n) is 6.20. The minimum atomic E-state index is -3.42. The zero-order valence-corrected chi connectivity index (χ0v) is 12.8. The summed E-state index contributed by atoms with van der Waals surface area (Å²) in [7, 11) is -1.87. The van der Waals surface area contributed by atoms with E-state index in [9.17, 15) is 8.42 Å². The van der Waals surface area contributed by atoms with Crippen molar-refractivity contribution in [2.75, 3.05) is 19.9 Å². The van der Waals surface area contributed by atoms with Gasteiger partial charge in [0.2, 0.25) is 10.0 Å². The van der Waals surface area contributed by atoms with Gasteiger partial charge < -0.3 is 4.74 Å². The van der Waals surface area contributed by atoms with Crippen molar-refractivity contribution >= 4 is 21.8 Å². The van der Waals surface area contributed by atoms with Crippen LogP contribution in [0.3, 0.4) is 0 Å². The Balaban J connectivity index is 2.05. The minimum absolute atomic E-state index is 0.0968. The highest BCUT2D eigenvalue weighted by atomic mass is 32.2. The van der Waals surface area contributed by atoms with Crippen LogP contribution < -0.4 is 9.46 Å². The average molecular weight is 301 g/mol. The number of ether oxygens (including phenoxy) is 1. The Morgan fingerprint density at radius 2 is 1.95 bits per heavy atom. The van der Waals surface area contributed by atoms with Gasteiger partial charge >= 0.3 is 0 Å². The summed E-state index contributed by atoms with van der Waals surface area (Å²) in [6.07, 6.45) is 5.39. The summed E-state index contributed by atoms with van der Waals surface area (Å²) in [4.78, 5) is 0.281. The maximum absolute atomic E-state index is 12.2. The maximum Gasteiger partial charge on any atom is 0.240 e. The van der Waals surface area contributed by atoms with E-state index in [-0.39, 0.29) is 9.64 Å². The van der Waals surface area contributed by atoms with Crippen LogP contribution in [0, 0.1) is 0 Å². The second-order valence-electron chi connectivity index (χ2n) is 4.74. The highest BCUT2D eigenvalue weighted by Crippen LogP contribution is 2.42. The van der Waals surface area contributed by atoms with Crippen LogP contribution in [-0.4, -0.2) is 33.1 Å². The average Bonchev–Trinajstić information content (AvgIpc) is 2.38. The standard InChI is InChI=1S/C13H19NO3S2/c1-17-11-4-6-12(7-5-11)19(15,16)14-10-13(18-2)8-3-9-13/h4-7,14H,3,8-10H2,1-2H3. The molecule has 1 N–H and O–H groups in total. The lowest BCUT2D eigenvalue weighted by Gasteiger charge is -2.40. The third-order valence-corrected chi connectivity index (χ3v) is 6.49. The largest absolute Gasteiger partial charge is 0.497 e. The second kappa shape index (κ2) is 5.73. The first-order valence-corrected chi connectivity index (χ1v) is 8.91. The van der Waals surface area contributed by atoms with Crippen molar-refractivity contribution in [1.29, 1.82) is 0 Å². The third-order valence-electron chi connectivity index (χ3n) is 3.65. The van der Waals surface area contributed by atoms with Crippen molar-refractivity contribution in [2.45, 2.75) is 28.9 Å². The lowest BCUT2D eigenvalue weighted by Crippen LogP contribution is -2.45. The molecule has 0 aromatic heterocycles. The van der Waals surface area contributed by atoms with E-state index in [1.54, 1.807) is 43.1 Å². The van der Waals surface area contributed by atoms with Gasteiger partial charge in [0.25, 0.3) is 0 Å². The van der Waals surface area contributed by atoms with E-state index >= 15 is 0 Å². The molecule has 0 unspecified atom stereocenters. The highest BCUT2D eigenvalue weighted by Gasteiger charge is 2.37. The summed E-state index contributed by atoms with van der Waals surface area (Å²) < 4.78 is 32.2. The maximum atomic E-state index is 12.2. The molecule has 0 bridgehead atoms. The second-order valence-corrected chi connectivity index (χ2v) is 7.78. The van der Waals surface area contributed by atoms with E-state index in [2.05, 4.69) is 4.72 Å². The normalized spacial score (nSPS) is 17.8. The van der Waals surface area contributed by atoms with Crippen LogP contribution in [0.2, 0.25) is 0 Å². The number of methoxy groups -OCH3 is 1. The summed E-state index contributed by atoms with van der Waals surface area (Å²) in [6, 6.07) is 6.44. The summed E-state index contributed by atoms with van der Waals surface area (Å²) in [6.45, 7) is 0.503. The molecule has 106 valence electrons. The molecule has 19 heavy (non-hydrogen) atoms. The van der Waals surface area contributed by atoms with E-state index < -0.39 is 10.0 Å². The topological polar surface area (TPSA) is 55.4 Å². The molecule has 0 amide bonds. The highest BCUT2D eigenvalue weighted by molar-refractivity contribution is 8.00. The summed E-state index contributed by atoms with van der Waals surface area (Å²) in [5.41, 5.74) is 0. The summed E-state index contributed by atoms with van der Waals surface area (Å²) >= 11 is 1.75. The van der Waals surface area contributed by atoms with Crippen molar-refractivity contribution in [3.8, 4) is 5.75 Å². The molecule has 1 saturated carbocycles. The van der Waals surface area contributed by atoms with Gasteiger partial charge in [0, 0.05) is 11.3 Å². The zero-order chi connectivity index (χ0) is 13.9. The fourth-order valence-corrected chi connectivity index (χ4v) is 4.22. The first-order chi connectivity index (χ1) is 9.01. The Morgan fingerprint density at radius 3 is 2.37 bits per heavy atom. The van der Waals surface area contributed by atoms with Gasteiger partial charge in [-0.25, -0.2) is 13.1 Å². The number of hydrogen-bond acceptors (Lipinski definition) is 4. The molecule has 0 atom stereocenters. The molecule has 1 aromatic carbocycles. The predicted octanol–water partition coefficient (Wildman–Crippen LogP) is 2.26. The molecule has 0 aliphatic heterocycles. The van der Waals surface area contributed by atoms with Crippen LogP contribution >= 0.6 is 11.8 Å². The molecule has 1 aliphatic rings. The number of sulfonamides is 1. The van der Waals surface area contributed by atoms with Gasteiger partial charge in [-0.05, 0) is 43.4 Å². The van der Waals surface area contributed by atoms with E-state index in [1.165, 1.54) is 6.42 Å². The number of hydrogen-bond donors (Lipinski definition) is 1. The van der Waals surface area contributed by atoms with Crippen LogP contribution in [0.1, 0.15) is 19.3 Å². The van der Waals surface area contributed by atoms with Crippen molar-refractivity contribution in [2.24, 2.45) is 0 Å². The van der Waals surface area contributed by atoms with Gasteiger partial charge in [0.05, 0.1) is 12.0 Å². The molecule has 2 rings (SSSR count). The van der Waals surface area contributed by atoms with Crippen molar-refractivity contribution in [1.82, 2.24) is 4.72 Å². The summed E-state index contributed by atoms with van der Waals surface area (Å²) in [5.74, 6) is 0.651. The molecule has 6 heteroatoms. The molecular weight excluding hydrogens is 282 g/mol. The van der Waals surface area contributed by atoms with Crippen molar-refractivity contribution in [3.05, 3.63) is 24.3 Å². The Hall–Kier alpha value is -0.720. The monoisotopic (exact) mass is 301 g/mol. The van der Waals surface area contributed by atoms with Crippen LogP contribution in [0.5, 0.6) is 5.75 Å². The molecule has 1 aromatic rings. The van der Waals surface area contributed by atoms with Crippen LogP contribution in [0.4, 0.5) is 0 Å². The SMILES string of the molecule is COc1ccc(S(=O)(=O)NCC2(SC)CCC2)cc1. The van der Waals surface area contributed by atoms with E-state index in [0.717, 1.165) is 12.8 Å². The lowest BCUT2D eigenvalue weighted by atomic mass is 9.84. The van der Waals surface area contributed by atoms with Crippen LogP contribution in [0.15, 0.2) is 29.2 Å². The van der Waals surface area contributed by atoms with E-state index in [0.29, 0.717) is 12.3 Å². The molecule has 4 nitrogen and oxygen atoms in total. The Bertz CT molecular complexity index is 516. The van der Waals surface area contributed by atoms with Crippen LogP contribution in [0.25, 0.3) is 0 Å². The number of rotatable bonds is 6. The number of nitrogens with one attached hydrogen (secondary N) is 1. The van der Waals surface area contributed by atoms with E-state index in [1.807, 2.05) is 6.26 Å². The molecule has 0 heterocycles. The lowest BCUT2D eigenvalue weighted by molar-refractivity contribution is 0.362. The van der Waals surface area contributed by atoms with Crippen molar-refractivity contribution < 1.29 is 13.2 Å². The molecule has 0 radical (unpaired) electrons. The first kappa shape index (κ1) is 14.7. The van der Waals surface area contributed by atoms with Gasteiger partial charge in [0.15, 0.2) is 0 Å². The predicted molar refractivity (Wildman–Crippen MR) is 78.3 cm³/mol. The van der Waals surface area contributed by atoms with Crippen LogP contribution in [-0.2, 0) is 10.0 Å². The fourth-order valence-electron chi connectivity index (χ4n) is 2.09. The Labute approximate surface area is 119 Å². The van der Waals surface area contributed by atoms with Gasteiger partial charge in [-0.15, -0.1) is 0 Å². The summed E-state index contributed by atoms with van der Waals surface area (Å²) in [5, 5.41) is 0. The minimum Gasteiger partial charge on any atom is -0.497 e. The van der Waals surface area contributed by atoms with Gasteiger partial charge in [-0.2, -0.15) is 11.8 Å². The van der Waals surface area contributed by atoms with E-state index in [4.69, 9.17) is 4.74 Å². The third kappa shape index (κ3) is 3.24. The fraction of sp³-hybridized carbons (Fsp3) is 0.538. The Kier molecular flexibility index (Phi) is 4.43. The molecule has 1 aliphatic carbocycles. The van der Waals surface area contributed by atoms with Crippen molar-refractivity contribution in [3.63, 3.8) is 0 Å². The molecule has 0 spiro atoms. The molecular formula is C13H19NO3S2. The van der Waals surface area contributed by atoms with Gasteiger partial charge in [-0.1, -0.05) is 6.42 Å². The number of thioether (sulfide) groups is 1. The van der Waals surface area contributed by atoms with Gasteiger partial charge in [0.1, 0.15) is 5.75 Å². The zero-order valence-electron chi connectivity index (χ0n) is 11.2. The number of benzene rings is 1. The quantitative estimate of drug-likeness (QED) is 0.875. The Morgan fingerprint density at radius 1 is 1.32 bits per heavy atom.